The quantitative estimate of drug-likeness (QED) is 0.0648. The number of thioether (sulfide) groups is 2. The first-order valence-electron chi connectivity index (χ1n) is 15.7. The zero-order valence-corrected chi connectivity index (χ0v) is 32.8. The molecule has 6 N–H and O–H groups in total. The first-order chi connectivity index (χ1) is 25.4. The lowest BCUT2D eigenvalue weighted by molar-refractivity contribution is -0.195. The van der Waals surface area contributed by atoms with Crippen molar-refractivity contribution in [2.45, 2.75) is 52.2 Å². The van der Waals surface area contributed by atoms with E-state index in [1.807, 2.05) is 0 Å². The maximum absolute atomic E-state index is 11.9. The highest BCUT2D eigenvalue weighted by molar-refractivity contribution is 8.14. The molecule has 21 nitrogen and oxygen atoms in total. The first kappa shape index (κ1) is 51.5. The van der Waals surface area contributed by atoms with Crippen molar-refractivity contribution in [1.29, 1.82) is 0 Å². The van der Waals surface area contributed by atoms with Gasteiger partial charge < -0.3 is 26.0 Å². The number of nitrogens with two attached hydrogens (primary N) is 1. The Morgan fingerprint density at radius 2 is 1.30 bits per heavy atom. The molecule has 0 aliphatic carbocycles. The Labute approximate surface area is 326 Å². The summed E-state index contributed by atoms with van der Waals surface area (Å²) in [5, 5.41) is 13.6. The van der Waals surface area contributed by atoms with Crippen LogP contribution in [0, 0.1) is 0 Å². The predicted molar refractivity (Wildman–Crippen MR) is 198 cm³/mol. The summed E-state index contributed by atoms with van der Waals surface area (Å²) in [5.74, 6) is -0.457. The van der Waals surface area contributed by atoms with Gasteiger partial charge in [-0.2, -0.15) is 12.6 Å². The summed E-state index contributed by atoms with van der Waals surface area (Å²) in [6.45, 7) is 6.84. The summed E-state index contributed by atoms with van der Waals surface area (Å²) in [6, 6.07) is 0. The zero-order valence-electron chi connectivity index (χ0n) is 30.2. The van der Waals surface area contributed by atoms with E-state index in [0.717, 1.165) is 45.5 Å². The number of nitrogens with one attached hydrogen (secondary N) is 3. The molecule has 3 heterocycles. The molecule has 54 heavy (non-hydrogen) atoms. The molecule has 0 radical (unpaired) electrons. The van der Waals surface area contributed by atoms with Crippen molar-refractivity contribution >= 4 is 106 Å². The van der Waals surface area contributed by atoms with Gasteiger partial charge in [0.1, 0.15) is 24.6 Å². The molecule has 0 saturated carbocycles. The Bertz CT molecular complexity index is 1420. The van der Waals surface area contributed by atoms with Gasteiger partial charge in [-0.15, -0.1) is 16.8 Å². The number of hydrogen-bond donors (Lipinski definition) is 6. The number of nitrogens with zero attached hydrogens (tertiary/aromatic N) is 3. The largest absolute Gasteiger partial charge is 0.358 e. The molecule has 1 unspecified atom stereocenters. The summed E-state index contributed by atoms with van der Waals surface area (Å²) in [4.78, 5) is 139. The fraction of sp³-hybridized carbons (Fsp3) is 0.533. The van der Waals surface area contributed by atoms with Gasteiger partial charge in [0.05, 0.1) is 11.0 Å². The summed E-state index contributed by atoms with van der Waals surface area (Å²) >= 11 is 5.55. The average molecular weight is 826 g/mol. The molecule has 0 aromatic carbocycles. The normalized spacial score (nSPS) is 15.4. The van der Waals surface area contributed by atoms with Gasteiger partial charge in [0, 0.05) is 65.7 Å². The second-order valence-electron chi connectivity index (χ2n) is 10.2. The minimum Gasteiger partial charge on any atom is -0.358 e. The van der Waals surface area contributed by atoms with Crippen molar-refractivity contribution < 1.29 is 69.0 Å². The number of amides is 9. The van der Waals surface area contributed by atoms with E-state index in [1.165, 1.54) is 20.9 Å². The van der Waals surface area contributed by atoms with Crippen LogP contribution in [0.5, 0.6) is 0 Å². The maximum Gasteiger partial charge on any atom is 0.343 e. The Morgan fingerprint density at radius 1 is 0.833 bits per heavy atom. The van der Waals surface area contributed by atoms with Crippen LogP contribution in [0.15, 0.2) is 12.2 Å². The third-order valence-electron chi connectivity index (χ3n) is 5.96. The van der Waals surface area contributed by atoms with Crippen LogP contribution in [0.25, 0.3) is 0 Å². The second kappa shape index (κ2) is 28.8. The standard InChI is InChI=1S/C11H17N3O4S.C8H10N2O3.C8H9NO5S.C3H6OS.H3NO.H2/c1-3-13-8(15)5-14-10(17)4-7(11(14)18)19-6-9(16)12-2;1-2-9-6(11)5-10-7(12)3-4-8(10)13;1-5(10)15-4-8(13)14-9-6(11)2-3-7(9)12;1-3(4)2-5;1-2;/h7H,3-6H2,1-2H3,(H,12,16)(H,13,15);3-4H,2,5H2,1H3,(H,9,11);2-4H2,1H3;5H,2H2,1H3;2H,1H2;1H. The fourth-order valence-corrected chi connectivity index (χ4v) is 4.93. The number of hydrogen-bond acceptors (Lipinski definition) is 18. The average Bonchev–Trinajstić information content (AvgIpc) is 3.72. The molecule has 9 amide bonds. The van der Waals surface area contributed by atoms with Crippen LogP contribution in [0.2, 0.25) is 0 Å². The van der Waals surface area contributed by atoms with Crippen LogP contribution < -0.4 is 21.8 Å². The lowest BCUT2D eigenvalue weighted by Crippen LogP contribution is -2.41. The highest BCUT2D eigenvalue weighted by atomic mass is 32.2. The summed E-state index contributed by atoms with van der Waals surface area (Å²) in [5.41, 5.74) is 0. The minimum absolute atomic E-state index is 0. The third kappa shape index (κ3) is 21.2. The number of Topliss-reactive ketones (excluding diaryl/α,β-unsaturated/α-hetero) is 1. The number of thiol groups is 1. The van der Waals surface area contributed by atoms with Crippen molar-refractivity contribution in [3.63, 3.8) is 0 Å². The number of likely N-dealkylation sites (N-methyl/N-ethyl adjacent to an activating group) is 2. The number of likely N-dealkylation sites (tertiary alicyclic amines) is 1. The zero-order chi connectivity index (χ0) is 42.0. The molecule has 304 valence electrons. The van der Waals surface area contributed by atoms with E-state index in [4.69, 9.17) is 5.21 Å². The molecule has 0 bridgehead atoms. The van der Waals surface area contributed by atoms with E-state index in [9.17, 15) is 57.5 Å². The summed E-state index contributed by atoms with van der Waals surface area (Å²) in [6.07, 6.45) is 2.47. The van der Waals surface area contributed by atoms with Gasteiger partial charge in [-0.1, -0.05) is 11.8 Å². The highest BCUT2D eigenvalue weighted by Crippen LogP contribution is 2.24. The predicted octanol–water partition coefficient (Wildman–Crippen LogP) is -2.26. The molecule has 24 heteroatoms. The monoisotopic (exact) mass is 825 g/mol. The smallest absolute Gasteiger partial charge is 0.343 e. The van der Waals surface area contributed by atoms with Gasteiger partial charge in [0.15, 0.2) is 5.12 Å². The van der Waals surface area contributed by atoms with E-state index < -0.39 is 40.8 Å². The number of ketones is 1. The number of rotatable bonds is 13. The van der Waals surface area contributed by atoms with Gasteiger partial charge in [-0.05, 0) is 20.8 Å². The molecular formula is C30H47N7O14S3. The molecule has 3 aliphatic heterocycles. The Morgan fingerprint density at radius 3 is 1.70 bits per heavy atom. The maximum atomic E-state index is 11.9. The molecule has 2 fully saturated rings. The first-order valence-corrected chi connectivity index (χ1v) is 18.4. The lowest BCUT2D eigenvalue weighted by atomic mass is 10.4. The van der Waals surface area contributed by atoms with Gasteiger partial charge in [-0.25, -0.2) is 10.7 Å². The number of carbonyl (C=O) groups excluding carboxylic acids is 12. The van der Waals surface area contributed by atoms with Crippen LogP contribution in [0.3, 0.4) is 0 Å². The van der Waals surface area contributed by atoms with Crippen molar-refractivity contribution in [2.24, 2.45) is 5.90 Å². The van der Waals surface area contributed by atoms with E-state index in [2.05, 4.69) is 39.3 Å². The van der Waals surface area contributed by atoms with Gasteiger partial charge >= 0.3 is 5.97 Å². The van der Waals surface area contributed by atoms with Gasteiger partial charge in [0.2, 0.25) is 29.5 Å². The van der Waals surface area contributed by atoms with E-state index in [1.54, 1.807) is 13.8 Å². The van der Waals surface area contributed by atoms with Crippen LogP contribution in [-0.4, -0.2) is 146 Å². The second-order valence-corrected chi connectivity index (χ2v) is 12.8. The van der Waals surface area contributed by atoms with Crippen molar-refractivity contribution in [3.8, 4) is 0 Å². The Kier molecular flexibility index (Phi) is 27.4. The van der Waals surface area contributed by atoms with E-state index in [-0.39, 0.29) is 79.8 Å². The summed E-state index contributed by atoms with van der Waals surface area (Å²) < 4.78 is 0. The Balaban J connectivity index is -0.000000682. The molecule has 2 saturated heterocycles. The molecule has 3 rings (SSSR count). The van der Waals surface area contributed by atoms with E-state index >= 15 is 0 Å². The number of imide groups is 3. The number of hydroxylamine groups is 2. The molecule has 0 spiro atoms. The topological polar surface area (TPSA) is 306 Å². The van der Waals surface area contributed by atoms with Crippen molar-refractivity contribution in [2.75, 3.05) is 50.5 Å². The molecule has 0 aromatic rings. The third-order valence-corrected chi connectivity index (χ3v) is 8.40. The van der Waals surface area contributed by atoms with Crippen LogP contribution >= 0.6 is 36.2 Å². The fourth-order valence-electron chi connectivity index (χ4n) is 3.52. The van der Waals surface area contributed by atoms with Gasteiger partial charge in [0.25, 0.3) is 23.6 Å². The lowest BCUT2D eigenvalue weighted by Gasteiger charge is -2.14. The molecule has 0 aromatic heterocycles. The van der Waals surface area contributed by atoms with Crippen molar-refractivity contribution in [3.05, 3.63) is 12.2 Å². The molecule has 3 aliphatic rings. The highest BCUT2D eigenvalue weighted by Gasteiger charge is 2.40. The van der Waals surface area contributed by atoms with Crippen LogP contribution in [0.1, 0.15) is 48.4 Å². The SMILES string of the molecule is CC(=O)CS.CC(=O)SCC(=O)ON1C(=O)CCC1=O.CCNC(=O)CN1C(=O)C=CC1=O.CCNC(=O)CN1C(=O)CC(SCC(=O)NC)C1=O.NO.[HH]. The minimum atomic E-state index is -0.779. The van der Waals surface area contributed by atoms with Gasteiger partial charge in [-0.3, -0.25) is 62.5 Å². The van der Waals surface area contributed by atoms with Crippen LogP contribution in [0.4, 0.5) is 0 Å². The molecule has 1 atom stereocenters. The summed E-state index contributed by atoms with van der Waals surface area (Å²) in [7, 11) is 1.51. The van der Waals surface area contributed by atoms with Crippen molar-refractivity contribution in [1.82, 2.24) is 30.8 Å². The number of carbonyl (C=O) groups is 12. The van der Waals surface area contributed by atoms with Crippen LogP contribution in [-0.2, 0) is 62.4 Å². The Hall–Kier alpha value is -4.65. The molecular weight excluding hydrogens is 779 g/mol. The van der Waals surface area contributed by atoms with E-state index in [0.29, 0.717) is 23.9 Å².